The number of nitrogens with one attached hydrogen (secondary N) is 1. The number of aryl methyl sites for hydroxylation is 3. The van der Waals surface area contributed by atoms with Crippen molar-refractivity contribution >= 4 is 17.3 Å². The van der Waals surface area contributed by atoms with E-state index in [1.54, 1.807) is 0 Å². The second-order valence-corrected chi connectivity index (χ2v) is 4.75. The third kappa shape index (κ3) is 2.60. The lowest BCUT2D eigenvalue weighted by atomic mass is 10.0. The van der Waals surface area contributed by atoms with E-state index in [0.717, 1.165) is 28.1 Å². The summed E-state index contributed by atoms with van der Waals surface area (Å²) < 4.78 is 0. The van der Waals surface area contributed by atoms with Gasteiger partial charge in [0.25, 0.3) is 5.91 Å². The number of carbonyl (C=O) groups is 1. The fourth-order valence-corrected chi connectivity index (χ4v) is 2.25. The Bertz CT molecular complexity index is 612. The SMILES string of the molecule is Cc1cccc(C)c1Nc1cccc(C)c1C(N)=O. The maximum Gasteiger partial charge on any atom is 0.251 e. The van der Waals surface area contributed by atoms with Crippen LogP contribution in [0.15, 0.2) is 36.4 Å². The van der Waals surface area contributed by atoms with Crippen molar-refractivity contribution in [1.82, 2.24) is 0 Å². The Morgan fingerprint density at radius 3 is 2.05 bits per heavy atom. The van der Waals surface area contributed by atoms with Gasteiger partial charge in [0.05, 0.1) is 11.3 Å². The van der Waals surface area contributed by atoms with Crippen LogP contribution in [0.25, 0.3) is 0 Å². The fraction of sp³-hybridized carbons (Fsp3) is 0.188. The second-order valence-electron chi connectivity index (χ2n) is 4.75. The van der Waals surface area contributed by atoms with E-state index in [-0.39, 0.29) is 0 Å². The summed E-state index contributed by atoms with van der Waals surface area (Å²) in [6, 6.07) is 11.8. The molecule has 3 N–H and O–H groups in total. The van der Waals surface area contributed by atoms with E-state index in [4.69, 9.17) is 5.73 Å². The Labute approximate surface area is 113 Å². The zero-order valence-electron chi connectivity index (χ0n) is 11.4. The lowest BCUT2D eigenvalue weighted by Gasteiger charge is -2.16. The average Bonchev–Trinajstić information content (AvgIpc) is 2.33. The molecule has 0 aliphatic carbocycles. The third-order valence-electron chi connectivity index (χ3n) is 3.26. The predicted octanol–water partition coefficient (Wildman–Crippen LogP) is 3.45. The molecule has 2 rings (SSSR count). The fourth-order valence-electron chi connectivity index (χ4n) is 2.25. The molecule has 0 heterocycles. The summed E-state index contributed by atoms with van der Waals surface area (Å²) >= 11 is 0. The minimum atomic E-state index is -0.410. The summed E-state index contributed by atoms with van der Waals surface area (Å²) in [5, 5.41) is 3.33. The molecule has 0 aromatic heterocycles. The standard InChI is InChI=1S/C16H18N2O/c1-10-6-5-9-13(14(10)16(17)19)18-15-11(2)7-4-8-12(15)3/h4-9,18H,1-3H3,(H2,17,19). The molecule has 0 saturated carbocycles. The Morgan fingerprint density at radius 1 is 0.947 bits per heavy atom. The molecule has 98 valence electrons. The van der Waals surface area contributed by atoms with Gasteiger partial charge in [-0.05, 0) is 43.5 Å². The van der Waals surface area contributed by atoms with E-state index < -0.39 is 5.91 Å². The van der Waals surface area contributed by atoms with Gasteiger partial charge in [0, 0.05) is 5.69 Å². The molecule has 3 heteroatoms. The van der Waals surface area contributed by atoms with E-state index in [1.165, 1.54) is 0 Å². The molecule has 0 aliphatic heterocycles. The lowest BCUT2D eigenvalue weighted by Crippen LogP contribution is -2.15. The van der Waals surface area contributed by atoms with Gasteiger partial charge in [0.15, 0.2) is 0 Å². The average molecular weight is 254 g/mol. The molecule has 0 fully saturated rings. The normalized spacial score (nSPS) is 10.3. The zero-order valence-corrected chi connectivity index (χ0v) is 11.4. The topological polar surface area (TPSA) is 55.1 Å². The molecule has 3 nitrogen and oxygen atoms in total. The molecule has 0 unspecified atom stereocenters. The zero-order chi connectivity index (χ0) is 14.0. The Kier molecular flexibility index (Phi) is 3.56. The molecule has 0 spiro atoms. The van der Waals surface area contributed by atoms with Gasteiger partial charge in [0.2, 0.25) is 0 Å². The number of nitrogens with two attached hydrogens (primary N) is 1. The summed E-state index contributed by atoms with van der Waals surface area (Å²) in [5.74, 6) is -0.410. The van der Waals surface area contributed by atoms with Gasteiger partial charge in [-0.3, -0.25) is 4.79 Å². The highest BCUT2D eigenvalue weighted by molar-refractivity contribution is 6.00. The van der Waals surface area contributed by atoms with Crippen molar-refractivity contribution in [2.45, 2.75) is 20.8 Å². The van der Waals surface area contributed by atoms with E-state index in [2.05, 4.69) is 5.32 Å². The molecule has 0 aliphatic rings. The minimum Gasteiger partial charge on any atom is -0.366 e. The van der Waals surface area contributed by atoms with Crippen molar-refractivity contribution in [3.63, 3.8) is 0 Å². The first-order chi connectivity index (χ1) is 9.00. The number of carbonyl (C=O) groups excluding carboxylic acids is 1. The summed E-state index contributed by atoms with van der Waals surface area (Å²) in [6.07, 6.45) is 0. The van der Waals surface area contributed by atoms with Crippen LogP contribution in [0.3, 0.4) is 0 Å². The molecule has 0 bridgehead atoms. The lowest BCUT2D eigenvalue weighted by molar-refractivity contribution is 0.100. The van der Waals surface area contributed by atoms with Crippen LogP contribution < -0.4 is 11.1 Å². The summed E-state index contributed by atoms with van der Waals surface area (Å²) in [4.78, 5) is 11.6. The summed E-state index contributed by atoms with van der Waals surface area (Å²) in [7, 11) is 0. The first-order valence-corrected chi connectivity index (χ1v) is 6.23. The monoisotopic (exact) mass is 254 g/mol. The molecule has 2 aromatic carbocycles. The Morgan fingerprint density at radius 2 is 1.47 bits per heavy atom. The summed E-state index contributed by atoms with van der Waals surface area (Å²) in [5.41, 5.74) is 10.9. The number of rotatable bonds is 3. The molecule has 19 heavy (non-hydrogen) atoms. The molecule has 0 saturated heterocycles. The van der Waals surface area contributed by atoms with Gasteiger partial charge in [-0.2, -0.15) is 0 Å². The third-order valence-corrected chi connectivity index (χ3v) is 3.26. The maximum absolute atomic E-state index is 11.6. The van der Waals surface area contributed by atoms with Crippen molar-refractivity contribution < 1.29 is 4.79 Å². The largest absolute Gasteiger partial charge is 0.366 e. The molecule has 2 aromatic rings. The summed E-state index contributed by atoms with van der Waals surface area (Å²) in [6.45, 7) is 5.96. The van der Waals surface area contributed by atoms with Gasteiger partial charge in [-0.25, -0.2) is 0 Å². The van der Waals surface area contributed by atoms with E-state index >= 15 is 0 Å². The first kappa shape index (κ1) is 13.1. The van der Waals surface area contributed by atoms with Crippen molar-refractivity contribution in [2.75, 3.05) is 5.32 Å². The minimum absolute atomic E-state index is 0.410. The quantitative estimate of drug-likeness (QED) is 0.881. The van der Waals surface area contributed by atoms with E-state index in [9.17, 15) is 4.79 Å². The van der Waals surface area contributed by atoms with Crippen LogP contribution in [0.1, 0.15) is 27.0 Å². The van der Waals surface area contributed by atoms with Gasteiger partial charge < -0.3 is 11.1 Å². The smallest absolute Gasteiger partial charge is 0.251 e. The number of benzene rings is 2. The predicted molar refractivity (Wildman–Crippen MR) is 78.9 cm³/mol. The second kappa shape index (κ2) is 5.14. The first-order valence-electron chi connectivity index (χ1n) is 6.23. The molecular weight excluding hydrogens is 236 g/mol. The van der Waals surface area contributed by atoms with Gasteiger partial charge >= 0.3 is 0 Å². The highest BCUT2D eigenvalue weighted by Gasteiger charge is 2.12. The molecule has 0 atom stereocenters. The van der Waals surface area contributed by atoms with E-state index in [0.29, 0.717) is 5.56 Å². The van der Waals surface area contributed by atoms with Crippen LogP contribution in [0, 0.1) is 20.8 Å². The number of anilines is 2. The van der Waals surface area contributed by atoms with Crippen LogP contribution in [-0.4, -0.2) is 5.91 Å². The molecular formula is C16H18N2O. The molecule has 1 amide bonds. The van der Waals surface area contributed by atoms with Crippen molar-refractivity contribution in [3.8, 4) is 0 Å². The van der Waals surface area contributed by atoms with Crippen molar-refractivity contribution in [3.05, 3.63) is 58.7 Å². The van der Waals surface area contributed by atoms with Gasteiger partial charge in [-0.1, -0.05) is 30.3 Å². The number of para-hydroxylation sites is 1. The van der Waals surface area contributed by atoms with Gasteiger partial charge in [-0.15, -0.1) is 0 Å². The maximum atomic E-state index is 11.6. The van der Waals surface area contributed by atoms with Crippen molar-refractivity contribution in [2.24, 2.45) is 5.73 Å². The van der Waals surface area contributed by atoms with Crippen LogP contribution in [0.2, 0.25) is 0 Å². The van der Waals surface area contributed by atoms with Crippen LogP contribution in [-0.2, 0) is 0 Å². The van der Waals surface area contributed by atoms with Gasteiger partial charge in [0.1, 0.15) is 0 Å². The highest BCUT2D eigenvalue weighted by atomic mass is 16.1. The van der Waals surface area contributed by atoms with Crippen LogP contribution in [0.4, 0.5) is 11.4 Å². The van der Waals surface area contributed by atoms with Crippen LogP contribution in [0.5, 0.6) is 0 Å². The highest BCUT2D eigenvalue weighted by Crippen LogP contribution is 2.27. The Hall–Kier alpha value is -2.29. The molecule has 0 radical (unpaired) electrons. The number of amides is 1. The number of hydrogen-bond donors (Lipinski definition) is 2. The van der Waals surface area contributed by atoms with Crippen molar-refractivity contribution in [1.29, 1.82) is 0 Å². The number of primary amides is 1. The Balaban J connectivity index is 2.50. The van der Waals surface area contributed by atoms with Crippen LogP contribution >= 0.6 is 0 Å². The van der Waals surface area contributed by atoms with E-state index in [1.807, 2.05) is 57.2 Å². The number of hydrogen-bond acceptors (Lipinski definition) is 2.